The maximum absolute atomic E-state index is 11.7. The molecule has 0 spiro atoms. The SMILES string of the molecule is COCCNCC(=O)Nc1ccc2nc(C)sc2c1. The van der Waals surface area contributed by atoms with Crippen molar-refractivity contribution in [3.8, 4) is 0 Å². The molecule has 1 aromatic carbocycles. The summed E-state index contributed by atoms with van der Waals surface area (Å²) in [5.74, 6) is -0.0586. The van der Waals surface area contributed by atoms with Gasteiger partial charge in [0.05, 0.1) is 28.4 Å². The number of benzene rings is 1. The van der Waals surface area contributed by atoms with Gasteiger partial charge in [0.1, 0.15) is 0 Å². The Kier molecular flexibility index (Phi) is 4.84. The fourth-order valence-electron chi connectivity index (χ4n) is 1.70. The topological polar surface area (TPSA) is 63.2 Å². The van der Waals surface area contributed by atoms with Crippen molar-refractivity contribution in [2.75, 3.05) is 32.1 Å². The van der Waals surface area contributed by atoms with E-state index in [1.807, 2.05) is 25.1 Å². The van der Waals surface area contributed by atoms with Crippen LogP contribution in [0.5, 0.6) is 0 Å². The number of methoxy groups -OCH3 is 1. The maximum atomic E-state index is 11.7. The molecule has 2 N–H and O–H groups in total. The zero-order valence-electron chi connectivity index (χ0n) is 11.0. The Balaban J connectivity index is 1.91. The number of thiazole rings is 1. The van der Waals surface area contributed by atoms with E-state index < -0.39 is 0 Å². The van der Waals surface area contributed by atoms with Gasteiger partial charge in [-0.1, -0.05) is 0 Å². The van der Waals surface area contributed by atoms with Crippen LogP contribution in [0.3, 0.4) is 0 Å². The van der Waals surface area contributed by atoms with Crippen LogP contribution >= 0.6 is 11.3 Å². The molecule has 0 fully saturated rings. The fraction of sp³-hybridized carbons (Fsp3) is 0.385. The minimum absolute atomic E-state index is 0.0586. The predicted molar refractivity (Wildman–Crippen MR) is 77.7 cm³/mol. The summed E-state index contributed by atoms with van der Waals surface area (Å²) >= 11 is 1.62. The number of anilines is 1. The lowest BCUT2D eigenvalue weighted by Gasteiger charge is -2.06. The molecule has 0 aliphatic carbocycles. The molecule has 1 aromatic heterocycles. The summed E-state index contributed by atoms with van der Waals surface area (Å²) in [5, 5.41) is 6.89. The van der Waals surface area contributed by atoms with Crippen molar-refractivity contribution in [3.05, 3.63) is 23.2 Å². The second-order valence-corrected chi connectivity index (χ2v) is 5.37. The molecule has 0 unspecified atom stereocenters. The number of fused-ring (bicyclic) bond motifs is 1. The van der Waals surface area contributed by atoms with E-state index in [2.05, 4.69) is 15.6 Å². The Morgan fingerprint density at radius 2 is 2.32 bits per heavy atom. The number of carbonyl (C=O) groups excluding carboxylic acids is 1. The van der Waals surface area contributed by atoms with E-state index in [0.717, 1.165) is 20.9 Å². The second kappa shape index (κ2) is 6.60. The first-order valence-corrected chi connectivity index (χ1v) is 6.87. The summed E-state index contributed by atoms with van der Waals surface area (Å²) < 4.78 is 5.98. The number of carbonyl (C=O) groups is 1. The highest BCUT2D eigenvalue weighted by Gasteiger charge is 2.05. The molecule has 0 saturated heterocycles. The monoisotopic (exact) mass is 279 g/mol. The zero-order chi connectivity index (χ0) is 13.7. The van der Waals surface area contributed by atoms with Crippen LogP contribution < -0.4 is 10.6 Å². The third kappa shape index (κ3) is 3.99. The lowest BCUT2D eigenvalue weighted by atomic mass is 10.3. The van der Waals surface area contributed by atoms with Gasteiger partial charge in [-0.2, -0.15) is 0 Å². The van der Waals surface area contributed by atoms with E-state index in [1.54, 1.807) is 18.4 Å². The molecule has 0 aliphatic heterocycles. The molecule has 19 heavy (non-hydrogen) atoms. The smallest absolute Gasteiger partial charge is 0.238 e. The summed E-state index contributed by atoms with van der Waals surface area (Å²) in [6.45, 7) is 3.52. The predicted octanol–water partition coefficient (Wildman–Crippen LogP) is 1.78. The van der Waals surface area contributed by atoms with Gasteiger partial charge in [-0.15, -0.1) is 11.3 Å². The van der Waals surface area contributed by atoms with Crippen LogP contribution in [-0.4, -0.2) is 37.7 Å². The standard InChI is InChI=1S/C13H17N3O2S/c1-9-15-11-4-3-10(7-12(11)19-9)16-13(17)8-14-5-6-18-2/h3-4,7,14H,5-6,8H2,1-2H3,(H,16,17). The van der Waals surface area contributed by atoms with Crippen LogP contribution in [0.15, 0.2) is 18.2 Å². The van der Waals surface area contributed by atoms with Crippen molar-refractivity contribution in [3.63, 3.8) is 0 Å². The number of aryl methyl sites for hydroxylation is 1. The quantitative estimate of drug-likeness (QED) is 0.791. The fourth-order valence-corrected chi connectivity index (χ4v) is 2.57. The highest BCUT2D eigenvalue weighted by Crippen LogP contribution is 2.24. The third-order valence-electron chi connectivity index (χ3n) is 2.55. The van der Waals surface area contributed by atoms with E-state index >= 15 is 0 Å². The molecule has 6 heteroatoms. The lowest BCUT2D eigenvalue weighted by Crippen LogP contribution is -2.30. The molecule has 2 rings (SSSR count). The number of aromatic nitrogens is 1. The van der Waals surface area contributed by atoms with Crippen molar-refractivity contribution in [2.24, 2.45) is 0 Å². The number of rotatable bonds is 6. The molecule has 1 heterocycles. The van der Waals surface area contributed by atoms with Crippen molar-refractivity contribution in [1.82, 2.24) is 10.3 Å². The first-order chi connectivity index (χ1) is 9.19. The first-order valence-electron chi connectivity index (χ1n) is 6.06. The van der Waals surface area contributed by atoms with Crippen LogP contribution in [-0.2, 0) is 9.53 Å². The Hall–Kier alpha value is -1.50. The van der Waals surface area contributed by atoms with Gasteiger partial charge >= 0.3 is 0 Å². The number of ether oxygens (including phenoxy) is 1. The van der Waals surface area contributed by atoms with Gasteiger partial charge < -0.3 is 15.4 Å². The molecule has 102 valence electrons. The third-order valence-corrected chi connectivity index (χ3v) is 3.48. The van der Waals surface area contributed by atoms with Gasteiger partial charge in [0.25, 0.3) is 0 Å². The van der Waals surface area contributed by atoms with Crippen LogP contribution in [0.1, 0.15) is 5.01 Å². The molecule has 1 amide bonds. The zero-order valence-corrected chi connectivity index (χ0v) is 11.8. The molecule has 2 aromatic rings. The van der Waals surface area contributed by atoms with E-state index in [4.69, 9.17) is 4.74 Å². The molecular weight excluding hydrogens is 262 g/mol. The first kappa shape index (κ1) is 13.9. The number of hydrogen-bond acceptors (Lipinski definition) is 5. The van der Waals surface area contributed by atoms with Gasteiger partial charge in [0.15, 0.2) is 0 Å². The maximum Gasteiger partial charge on any atom is 0.238 e. The molecule has 0 atom stereocenters. The van der Waals surface area contributed by atoms with Gasteiger partial charge in [-0.25, -0.2) is 4.98 Å². The summed E-state index contributed by atoms with van der Waals surface area (Å²) in [4.78, 5) is 16.1. The van der Waals surface area contributed by atoms with Gasteiger partial charge in [-0.3, -0.25) is 4.79 Å². The molecular formula is C13H17N3O2S. The Bertz CT molecular complexity index is 568. The Labute approximate surface area is 116 Å². The summed E-state index contributed by atoms with van der Waals surface area (Å²) in [5.41, 5.74) is 1.77. The minimum Gasteiger partial charge on any atom is -0.383 e. The van der Waals surface area contributed by atoms with Crippen molar-refractivity contribution in [1.29, 1.82) is 0 Å². The van der Waals surface area contributed by atoms with Crippen LogP contribution in [0.2, 0.25) is 0 Å². The van der Waals surface area contributed by atoms with E-state index in [-0.39, 0.29) is 12.5 Å². The van der Waals surface area contributed by atoms with Gasteiger partial charge in [0.2, 0.25) is 5.91 Å². The molecule has 0 bridgehead atoms. The van der Waals surface area contributed by atoms with Crippen LogP contribution in [0, 0.1) is 6.92 Å². The normalized spacial score (nSPS) is 10.8. The van der Waals surface area contributed by atoms with Gasteiger partial charge in [0, 0.05) is 19.3 Å². The lowest BCUT2D eigenvalue weighted by molar-refractivity contribution is -0.115. The average molecular weight is 279 g/mol. The van der Waals surface area contributed by atoms with E-state index in [9.17, 15) is 4.79 Å². The number of amides is 1. The number of nitrogens with one attached hydrogen (secondary N) is 2. The van der Waals surface area contributed by atoms with Crippen LogP contribution in [0.25, 0.3) is 10.2 Å². The average Bonchev–Trinajstić information content (AvgIpc) is 2.74. The number of nitrogens with zero attached hydrogens (tertiary/aromatic N) is 1. The van der Waals surface area contributed by atoms with Crippen molar-refractivity contribution in [2.45, 2.75) is 6.92 Å². The molecule has 0 radical (unpaired) electrons. The highest BCUT2D eigenvalue weighted by atomic mass is 32.1. The van der Waals surface area contributed by atoms with E-state index in [0.29, 0.717) is 13.2 Å². The molecule has 0 aliphatic rings. The number of hydrogen-bond donors (Lipinski definition) is 2. The summed E-state index contributed by atoms with van der Waals surface area (Å²) in [6, 6.07) is 5.74. The largest absolute Gasteiger partial charge is 0.383 e. The van der Waals surface area contributed by atoms with Gasteiger partial charge in [-0.05, 0) is 25.1 Å². The Morgan fingerprint density at radius 1 is 1.47 bits per heavy atom. The summed E-state index contributed by atoms with van der Waals surface area (Å²) in [7, 11) is 1.63. The van der Waals surface area contributed by atoms with E-state index in [1.165, 1.54) is 0 Å². The Morgan fingerprint density at radius 3 is 3.11 bits per heavy atom. The van der Waals surface area contributed by atoms with Crippen molar-refractivity contribution < 1.29 is 9.53 Å². The van der Waals surface area contributed by atoms with Crippen LogP contribution in [0.4, 0.5) is 5.69 Å². The highest BCUT2D eigenvalue weighted by molar-refractivity contribution is 7.18. The summed E-state index contributed by atoms with van der Waals surface area (Å²) in [6.07, 6.45) is 0. The second-order valence-electron chi connectivity index (χ2n) is 4.13. The molecule has 5 nitrogen and oxygen atoms in total. The van der Waals surface area contributed by atoms with Crippen molar-refractivity contribution >= 4 is 33.1 Å². The molecule has 0 saturated carbocycles. The minimum atomic E-state index is -0.0586.